The topological polar surface area (TPSA) is 78.4 Å². The molecule has 0 unspecified atom stereocenters. The summed E-state index contributed by atoms with van der Waals surface area (Å²) in [6.45, 7) is 4.76. The van der Waals surface area contributed by atoms with E-state index < -0.39 is 0 Å². The van der Waals surface area contributed by atoms with Gasteiger partial charge in [-0.1, -0.05) is 12.1 Å². The maximum absolute atomic E-state index is 12.0. The van der Waals surface area contributed by atoms with Crippen LogP contribution in [0.4, 0.5) is 0 Å². The number of nitrogens with zero attached hydrogens (tertiary/aromatic N) is 3. The molecule has 0 spiro atoms. The molecule has 9 heteroatoms. The van der Waals surface area contributed by atoms with Crippen molar-refractivity contribution < 1.29 is 14.3 Å². The molecular weight excluding hydrogens is 509 g/mol. The fourth-order valence-electron chi connectivity index (χ4n) is 3.30. The zero-order valence-corrected chi connectivity index (χ0v) is 21.6. The zero-order valence-electron chi connectivity index (χ0n) is 19.2. The summed E-state index contributed by atoms with van der Waals surface area (Å²) >= 11 is 0. The molecule has 2 N–H and O–H groups in total. The number of amides is 1. The molecule has 0 atom stereocenters. The second kappa shape index (κ2) is 15.3. The number of likely N-dealkylation sites (tertiary alicyclic amines) is 1. The molecule has 1 aromatic carbocycles. The number of aliphatic imine (C=N–C) groups is 1. The van der Waals surface area contributed by atoms with E-state index in [-0.39, 0.29) is 36.4 Å². The average molecular weight is 547 g/mol. The summed E-state index contributed by atoms with van der Waals surface area (Å²) in [6, 6.07) is 8.22. The summed E-state index contributed by atoms with van der Waals surface area (Å²) < 4.78 is 10.4. The molecule has 8 nitrogen and oxygen atoms in total. The maximum Gasteiger partial charge on any atom is 0.241 e. The summed E-state index contributed by atoms with van der Waals surface area (Å²) in [5, 5.41) is 6.71. The molecule has 1 saturated heterocycles. The van der Waals surface area contributed by atoms with Crippen molar-refractivity contribution in [3.63, 3.8) is 0 Å². The smallest absolute Gasteiger partial charge is 0.241 e. The molecular formula is C22H38IN5O3. The number of benzene rings is 1. The Kier molecular flexibility index (Phi) is 13.5. The highest BCUT2D eigenvalue weighted by Crippen LogP contribution is 2.13. The molecule has 31 heavy (non-hydrogen) atoms. The number of rotatable bonds is 10. The van der Waals surface area contributed by atoms with Crippen LogP contribution in [0.3, 0.4) is 0 Å². The van der Waals surface area contributed by atoms with E-state index in [1.54, 1.807) is 33.2 Å². The van der Waals surface area contributed by atoms with Crippen LogP contribution < -0.4 is 15.4 Å². The van der Waals surface area contributed by atoms with Crippen LogP contribution in [0.15, 0.2) is 29.3 Å². The van der Waals surface area contributed by atoms with E-state index in [0.29, 0.717) is 18.5 Å². The second-order valence-corrected chi connectivity index (χ2v) is 7.76. The van der Waals surface area contributed by atoms with Gasteiger partial charge in [-0.15, -0.1) is 24.0 Å². The third-order valence-electron chi connectivity index (χ3n) is 5.24. The van der Waals surface area contributed by atoms with Crippen LogP contribution in [0, 0.1) is 0 Å². The number of carbonyl (C=O) groups excluding carboxylic acids is 1. The molecule has 1 aliphatic rings. The Morgan fingerprint density at radius 1 is 1.19 bits per heavy atom. The summed E-state index contributed by atoms with van der Waals surface area (Å²) in [5.41, 5.74) is 1.09. The van der Waals surface area contributed by atoms with Crippen molar-refractivity contribution in [3.8, 4) is 5.75 Å². The van der Waals surface area contributed by atoms with Crippen LogP contribution in [0.1, 0.15) is 24.8 Å². The fraction of sp³-hybridized carbons (Fsp3) is 0.636. The van der Waals surface area contributed by atoms with Gasteiger partial charge in [0.25, 0.3) is 0 Å². The van der Waals surface area contributed by atoms with E-state index >= 15 is 0 Å². The number of nitrogens with one attached hydrogen (secondary N) is 2. The number of hydrogen-bond acceptors (Lipinski definition) is 5. The van der Waals surface area contributed by atoms with Crippen molar-refractivity contribution >= 4 is 35.8 Å². The molecule has 2 rings (SSSR count). The van der Waals surface area contributed by atoms with Crippen LogP contribution in [0.2, 0.25) is 0 Å². The number of carbonyl (C=O) groups is 1. The van der Waals surface area contributed by atoms with E-state index in [9.17, 15) is 4.79 Å². The molecule has 0 bridgehead atoms. The first-order valence-corrected chi connectivity index (χ1v) is 10.6. The highest BCUT2D eigenvalue weighted by Gasteiger charge is 2.20. The average Bonchev–Trinajstić information content (AvgIpc) is 2.77. The first kappa shape index (κ1) is 27.4. The van der Waals surface area contributed by atoms with Crippen molar-refractivity contribution in [2.75, 3.05) is 61.1 Å². The lowest BCUT2D eigenvalue weighted by atomic mass is 10.1. The molecule has 1 aromatic rings. The highest BCUT2D eigenvalue weighted by molar-refractivity contribution is 14.0. The van der Waals surface area contributed by atoms with Gasteiger partial charge in [0.05, 0.1) is 20.2 Å². The molecule has 176 valence electrons. The number of guanidine groups is 1. The number of piperidine rings is 1. The first-order valence-electron chi connectivity index (χ1n) is 10.6. The highest BCUT2D eigenvalue weighted by atomic mass is 127. The van der Waals surface area contributed by atoms with Crippen molar-refractivity contribution in [1.82, 2.24) is 20.4 Å². The SMILES string of the molecule is COCCCN1CCC(NC(=NCc2ccc(OC)cc2)NCC(=O)N(C)C)CC1.I. The number of likely N-dealkylation sites (N-methyl/N-ethyl adjacent to an activating group) is 1. The third-order valence-corrected chi connectivity index (χ3v) is 5.24. The van der Waals surface area contributed by atoms with E-state index in [1.165, 1.54) is 0 Å². The largest absolute Gasteiger partial charge is 0.497 e. The molecule has 1 fully saturated rings. The van der Waals surface area contributed by atoms with Gasteiger partial charge in [0.1, 0.15) is 5.75 Å². The normalized spacial score (nSPS) is 15.2. The van der Waals surface area contributed by atoms with E-state index in [0.717, 1.165) is 56.8 Å². The van der Waals surface area contributed by atoms with Crippen LogP contribution in [0.25, 0.3) is 0 Å². The van der Waals surface area contributed by atoms with Crippen LogP contribution in [-0.4, -0.2) is 88.8 Å². The lowest BCUT2D eigenvalue weighted by Gasteiger charge is -2.33. The predicted molar refractivity (Wildman–Crippen MR) is 135 cm³/mol. The third kappa shape index (κ3) is 10.5. The minimum Gasteiger partial charge on any atom is -0.497 e. The Morgan fingerprint density at radius 2 is 1.87 bits per heavy atom. The Hall–Kier alpha value is -1.59. The van der Waals surface area contributed by atoms with Crippen LogP contribution in [0.5, 0.6) is 5.75 Å². The molecule has 0 saturated carbocycles. The van der Waals surface area contributed by atoms with Gasteiger partial charge >= 0.3 is 0 Å². The number of methoxy groups -OCH3 is 2. The van der Waals surface area contributed by atoms with Crippen molar-refractivity contribution in [1.29, 1.82) is 0 Å². The minimum atomic E-state index is 0. The van der Waals surface area contributed by atoms with Gasteiger partial charge in [0.2, 0.25) is 5.91 Å². The molecule has 0 radical (unpaired) electrons. The lowest BCUT2D eigenvalue weighted by molar-refractivity contribution is -0.127. The summed E-state index contributed by atoms with van der Waals surface area (Å²) in [4.78, 5) is 20.8. The molecule has 1 amide bonds. The summed E-state index contributed by atoms with van der Waals surface area (Å²) in [5.74, 6) is 1.52. The Balaban J connectivity index is 0.00000480. The molecule has 1 aliphatic heterocycles. The van der Waals surface area contributed by atoms with Crippen molar-refractivity contribution in [2.45, 2.75) is 31.8 Å². The monoisotopic (exact) mass is 547 g/mol. The summed E-state index contributed by atoms with van der Waals surface area (Å²) in [7, 11) is 6.91. The standard InChI is InChI=1S/C22H37N5O3.HI/c1-26(2)21(28)17-24-22(23-16-18-6-8-20(30-4)9-7-18)25-19-10-13-27(14-11-19)12-5-15-29-3;/h6-9,19H,5,10-17H2,1-4H3,(H2,23,24,25);1H. The zero-order chi connectivity index (χ0) is 21.8. The first-order chi connectivity index (χ1) is 14.5. The molecule has 0 aliphatic carbocycles. The van der Waals surface area contributed by atoms with Gasteiger partial charge < -0.3 is 29.9 Å². The van der Waals surface area contributed by atoms with Crippen molar-refractivity contribution in [2.24, 2.45) is 4.99 Å². The predicted octanol–water partition coefficient (Wildman–Crippen LogP) is 1.94. The van der Waals surface area contributed by atoms with Crippen LogP contribution in [-0.2, 0) is 16.1 Å². The molecule has 0 aromatic heterocycles. The maximum atomic E-state index is 12.0. The quantitative estimate of drug-likeness (QED) is 0.202. The second-order valence-electron chi connectivity index (χ2n) is 7.76. The number of hydrogen-bond donors (Lipinski definition) is 2. The van der Waals surface area contributed by atoms with Gasteiger partial charge in [-0.2, -0.15) is 0 Å². The van der Waals surface area contributed by atoms with E-state index in [2.05, 4.69) is 15.5 Å². The molecule has 1 heterocycles. The van der Waals surface area contributed by atoms with E-state index in [4.69, 9.17) is 14.5 Å². The summed E-state index contributed by atoms with van der Waals surface area (Å²) in [6.07, 6.45) is 3.17. The van der Waals surface area contributed by atoms with Crippen molar-refractivity contribution in [3.05, 3.63) is 29.8 Å². The Morgan fingerprint density at radius 3 is 2.45 bits per heavy atom. The van der Waals surface area contributed by atoms with E-state index in [1.807, 2.05) is 24.3 Å². The van der Waals surface area contributed by atoms with Gasteiger partial charge in [-0.3, -0.25) is 4.79 Å². The van der Waals surface area contributed by atoms with Gasteiger partial charge in [0.15, 0.2) is 5.96 Å². The fourth-order valence-corrected chi connectivity index (χ4v) is 3.30. The Bertz CT molecular complexity index is 662. The van der Waals surface area contributed by atoms with Gasteiger partial charge in [-0.05, 0) is 37.0 Å². The van der Waals surface area contributed by atoms with Gasteiger partial charge in [-0.25, -0.2) is 4.99 Å². The Labute approximate surface area is 203 Å². The van der Waals surface area contributed by atoms with Crippen LogP contribution >= 0.6 is 24.0 Å². The number of ether oxygens (including phenoxy) is 2. The van der Waals surface area contributed by atoms with Gasteiger partial charge in [0, 0.05) is 53.5 Å². The number of halogens is 1. The minimum absolute atomic E-state index is 0. The lowest BCUT2D eigenvalue weighted by Crippen LogP contribution is -2.50.